The first-order valence-electron chi connectivity index (χ1n) is 4.27. The Hall–Kier alpha value is -1.55. The Labute approximate surface area is 77.4 Å². The predicted octanol–water partition coefficient (Wildman–Crippen LogP) is 0.518. The van der Waals surface area contributed by atoms with Gasteiger partial charge in [0.2, 0.25) is 5.91 Å². The van der Waals surface area contributed by atoms with Crippen molar-refractivity contribution in [2.24, 2.45) is 11.8 Å². The SMILES string of the molecule is CC(C#N)C(=O)N1CCC(C#N)C1. The van der Waals surface area contributed by atoms with Crippen molar-refractivity contribution in [1.29, 1.82) is 10.5 Å². The molecule has 0 aromatic rings. The van der Waals surface area contributed by atoms with Crippen LogP contribution in [0.4, 0.5) is 0 Å². The van der Waals surface area contributed by atoms with E-state index in [4.69, 9.17) is 10.5 Å². The van der Waals surface area contributed by atoms with Crippen molar-refractivity contribution < 1.29 is 4.79 Å². The topological polar surface area (TPSA) is 67.9 Å². The van der Waals surface area contributed by atoms with Crippen molar-refractivity contribution in [3.8, 4) is 12.1 Å². The molecule has 0 N–H and O–H groups in total. The maximum atomic E-state index is 11.4. The molecule has 1 fully saturated rings. The van der Waals surface area contributed by atoms with Gasteiger partial charge in [-0.05, 0) is 13.3 Å². The van der Waals surface area contributed by atoms with Gasteiger partial charge in [0.25, 0.3) is 0 Å². The molecule has 1 aliphatic heterocycles. The third-order valence-corrected chi connectivity index (χ3v) is 2.25. The van der Waals surface area contributed by atoms with Gasteiger partial charge in [-0.2, -0.15) is 10.5 Å². The number of rotatable bonds is 1. The van der Waals surface area contributed by atoms with Crippen LogP contribution in [0.1, 0.15) is 13.3 Å². The zero-order valence-electron chi connectivity index (χ0n) is 7.53. The van der Waals surface area contributed by atoms with Crippen molar-refractivity contribution in [3.05, 3.63) is 0 Å². The number of amides is 1. The van der Waals surface area contributed by atoms with Gasteiger partial charge in [0.05, 0.1) is 18.1 Å². The van der Waals surface area contributed by atoms with Crippen molar-refractivity contribution in [1.82, 2.24) is 4.90 Å². The molecule has 0 aromatic heterocycles. The molecule has 2 unspecified atom stereocenters. The first kappa shape index (κ1) is 9.54. The van der Waals surface area contributed by atoms with Crippen LogP contribution in [0.2, 0.25) is 0 Å². The Morgan fingerprint density at radius 1 is 1.62 bits per heavy atom. The average molecular weight is 177 g/mol. The summed E-state index contributed by atoms with van der Waals surface area (Å²) in [6.07, 6.45) is 0.736. The minimum absolute atomic E-state index is 0.0464. The van der Waals surface area contributed by atoms with E-state index in [2.05, 4.69) is 6.07 Å². The second-order valence-corrected chi connectivity index (χ2v) is 3.25. The molecule has 1 aliphatic rings. The maximum absolute atomic E-state index is 11.4. The Bertz CT molecular complexity index is 286. The molecule has 2 atom stereocenters. The lowest BCUT2D eigenvalue weighted by molar-refractivity contribution is -0.132. The number of likely N-dealkylation sites (tertiary alicyclic amines) is 1. The lowest BCUT2D eigenvalue weighted by Gasteiger charge is -2.16. The van der Waals surface area contributed by atoms with Crippen molar-refractivity contribution >= 4 is 5.91 Å². The summed E-state index contributed by atoms with van der Waals surface area (Å²) in [5, 5.41) is 17.1. The summed E-state index contributed by atoms with van der Waals surface area (Å²) < 4.78 is 0. The summed E-state index contributed by atoms with van der Waals surface area (Å²) in [5.74, 6) is -0.785. The lowest BCUT2D eigenvalue weighted by Crippen LogP contribution is -2.32. The molecular formula is C9H11N3O. The smallest absolute Gasteiger partial charge is 0.239 e. The normalized spacial score (nSPS) is 23.3. The molecule has 0 radical (unpaired) electrons. The average Bonchev–Trinajstić information content (AvgIpc) is 2.63. The highest BCUT2D eigenvalue weighted by Gasteiger charge is 2.28. The van der Waals surface area contributed by atoms with Gasteiger partial charge in [-0.15, -0.1) is 0 Å². The highest BCUT2D eigenvalue weighted by molar-refractivity contribution is 5.81. The monoisotopic (exact) mass is 177 g/mol. The van der Waals surface area contributed by atoms with Crippen LogP contribution in [0.3, 0.4) is 0 Å². The van der Waals surface area contributed by atoms with Gasteiger partial charge in [0, 0.05) is 13.1 Å². The molecule has 0 bridgehead atoms. The number of hydrogen-bond donors (Lipinski definition) is 0. The Morgan fingerprint density at radius 3 is 2.77 bits per heavy atom. The van der Waals surface area contributed by atoms with E-state index >= 15 is 0 Å². The molecule has 4 heteroatoms. The first-order valence-corrected chi connectivity index (χ1v) is 4.27. The van der Waals surface area contributed by atoms with Crippen LogP contribution in [0.15, 0.2) is 0 Å². The summed E-state index contributed by atoms with van der Waals surface area (Å²) in [5.41, 5.74) is 0. The van der Waals surface area contributed by atoms with Gasteiger partial charge in [-0.3, -0.25) is 4.79 Å². The van der Waals surface area contributed by atoms with Gasteiger partial charge in [0.15, 0.2) is 0 Å². The Balaban J connectivity index is 2.53. The minimum Gasteiger partial charge on any atom is -0.340 e. The molecule has 1 heterocycles. The number of nitriles is 2. The summed E-state index contributed by atoms with van der Waals surface area (Å²) in [6, 6.07) is 4.03. The minimum atomic E-state index is -0.586. The van der Waals surface area contributed by atoms with Gasteiger partial charge in [-0.25, -0.2) is 0 Å². The van der Waals surface area contributed by atoms with Crippen molar-refractivity contribution in [3.63, 3.8) is 0 Å². The largest absolute Gasteiger partial charge is 0.340 e. The quantitative estimate of drug-likeness (QED) is 0.586. The number of carbonyl (C=O) groups excluding carboxylic acids is 1. The Morgan fingerprint density at radius 2 is 2.31 bits per heavy atom. The van der Waals surface area contributed by atoms with Crippen LogP contribution in [0, 0.1) is 34.5 Å². The fraction of sp³-hybridized carbons (Fsp3) is 0.667. The summed E-state index contributed by atoms with van der Waals surface area (Å²) in [6.45, 7) is 2.69. The summed E-state index contributed by atoms with van der Waals surface area (Å²) >= 11 is 0. The van der Waals surface area contributed by atoms with Crippen LogP contribution < -0.4 is 0 Å². The number of nitrogens with zero attached hydrogens (tertiary/aromatic N) is 3. The highest BCUT2D eigenvalue weighted by Crippen LogP contribution is 2.17. The van der Waals surface area contributed by atoms with E-state index in [1.807, 2.05) is 6.07 Å². The molecule has 68 valence electrons. The second kappa shape index (κ2) is 3.91. The molecule has 4 nitrogen and oxygen atoms in total. The molecule has 13 heavy (non-hydrogen) atoms. The molecule has 1 amide bonds. The third kappa shape index (κ3) is 1.97. The van der Waals surface area contributed by atoms with Crippen molar-refractivity contribution in [2.75, 3.05) is 13.1 Å². The molecule has 0 aliphatic carbocycles. The van der Waals surface area contributed by atoms with E-state index < -0.39 is 5.92 Å². The van der Waals surface area contributed by atoms with Crippen molar-refractivity contribution in [2.45, 2.75) is 13.3 Å². The standard InChI is InChI=1S/C9H11N3O/c1-7(4-10)9(13)12-3-2-8(5-11)6-12/h7-8H,2-3,6H2,1H3. The molecule has 1 saturated heterocycles. The van der Waals surface area contributed by atoms with E-state index in [9.17, 15) is 4.79 Å². The fourth-order valence-electron chi connectivity index (χ4n) is 1.39. The van der Waals surface area contributed by atoms with Gasteiger partial charge in [-0.1, -0.05) is 0 Å². The summed E-state index contributed by atoms with van der Waals surface area (Å²) in [7, 11) is 0. The third-order valence-electron chi connectivity index (χ3n) is 2.25. The van der Waals surface area contributed by atoms with Gasteiger partial charge in [0.1, 0.15) is 5.92 Å². The fourth-order valence-corrected chi connectivity index (χ4v) is 1.39. The van der Waals surface area contributed by atoms with E-state index in [0.717, 1.165) is 6.42 Å². The van der Waals surface area contributed by atoms with Gasteiger partial charge < -0.3 is 4.90 Å². The zero-order valence-corrected chi connectivity index (χ0v) is 7.53. The summed E-state index contributed by atoms with van der Waals surface area (Å²) in [4.78, 5) is 13.0. The van der Waals surface area contributed by atoms with Crippen LogP contribution in [-0.2, 0) is 4.79 Å². The van der Waals surface area contributed by atoms with Crippen LogP contribution in [-0.4, -0.2) is 23.9 Å². The maximum Gasteiger partial charge on any atom is 0.239 e. The Kier molecular flexibility index (Phi) is 2.87. The first-order chi connectivity index (χ1) is 6.19. The second-order valence-electron chi connectivity index (χ2n) is 3.25. The highest BCUT2D eigenvalue weighted by atomic mass is 16.2. The number of hydrogen-bond acceptors (Lipinski definition) is 3. The van der Waals surface area contributed by atoms with Gasteiger partial charge >= 0.3 is 0 Å². The van der Waals surface area contributed by atoms with Crippen LogP contribution in [0.25, 0.3) is 0 Å². The zero-order chi connectivity index (χ0) is 9.84. The van der Waals surface area contributed by atoms with E-state index in [1.165, 1.54) is 0 Å². The predicted molar refractivity (Wildman–Crippen MR) is 45.1 cm³/mol. The lowest BCUT2D eigenvalue weighted by atomic mass is 10.1. The van der Waals surface area contributed by atoms with E-state index in [1.54, 1.807) is 11.8 Å². The molecule has 1 rings (SSSR count). The molecule has 0 saturated carbocycles. The number of carbonyl (C=O) groups is 1. The molecule has 0 aromatic carbocycles. The van der Waals surface area contributed by atoms with Crippen LogP contribution in [0.5, 0.6) is 0 Å². The van der Waals surface area contributed by atoms with E-state index in [0.29, 0.717) is 13.1 Å². The molecule has 0 spiro atoms. The van der Waals surface area contributed by atoms with Crippen LogP contribution >= 0.6 is 0 Å². The molecular weight excluding hydrogens is 166 g/mol. The van der Waals surface area contributed by atoms with E-state index in [-0.39, 0.29) is 11.8 Å².